The van der Waals surface area contributed by atoms with Gasteiger partial charge in [-0.1, -0.05) is 78.9 Å². The molecule has 0 radical (unpaired) electrons. The SMILES string of the molecule is c1ccc2c(c1)nc(-c1cc(-c3ccc4sc5ccccc5c4c3)cc(-c3ccc4sc5ccccc5c4c3)c1)c1c3ccccc3oc21. The Kier molecular flexibility index (Phi) is 5.74. The van der Waals surface area contributed by atoms with Crippen LogP contribution in [-0.2, 0) is 0 Å². The zero-order valence-electron chi connectivity index (χ0n) is 26.1. The van der Waals surface area contributed by atoms with Crippen molar-refractivity contribution in [2.75, 3.05) is 0 Å². The molecule has 0 saturated heterocycles. The molecule has 11 rings (SSSR count). The van der Waals surface area contributed by atoms with Crippen LogP contribution in [0, 0.1) is 0 Å². The Morgan fingerprint density at radius 2 is 0.898 bits per heavy atom. The lowest BCUT2D eigenvalue weighted by atomic mass is 9.92. The van der Waals surface area contributed by atoms with Crippen LogP contribution in [-0.4, -0.2) is 4.98 Å². The quantitative estimate of drug-likeness (QED) is 0.189. The van der Waals surface area contributed by atoms with Crippen molar-refractivity contribution >= 4 is 95.9 Å². The van der Waals surface area contributed by atoms with Crippen molar-refractivity contribution in [3.05, 3.63) is 152 Å². The Balaban J connectivity index is 1.22. The largest absolute Gasteiger partial charge is 0.455 e. The second kappa shape index (κ2) is 10.3. The van der Waals surface area contributed by atoms with Crippen molar-refractivity contribution in [3.8, 4) is 33.5 Å². The Labute approximate surface area is 289 Å². The monoisotopic (exact) mass is 659 g/mol. The number of rotatable bonds is 3. The van der Waals surface area contributed by atoms with Gasteiger partial charge in [-0.15, -0.1) is 22.7 Å². The minimum absolute atomic E-state index is 0.873. The van der Waals surface area contributed by atoms with Crippen molar-refractivity contribution in [2.45, 2.75) is 0 Å². The van der Waals surface area contributed by atoms with Gasteiger partial charge in [0.15, 0.2) is 0 Å². The maximum Gasteiger partial charge on any atom is 0.147 e. The third-order valence-electron chi connectivity index (χ3n) is 9.84. The van der Waals surface area contributed by atoms with Gasteiger partial charge < -0.3 is 4.42 Å². The summed E-state index contributed by atoms with van der Waals surface area (Å²) >= 11 is 3.71. The molecule has 0 spiro atoms. The van der Waals surface area contributed by atoms with Gasteiger partial charge in [0.1, 0.15) is 11.2 Å². The van der Waals surface area contributed by atoms with Crippen LogP contribution in [0.4, 0.5) is 0 Å². The molecule has 0 saturated carbocycles. The molecule has 4 heteroatoms. The van der Waals surface area contributed by atoms with E-state index in [1.54, 1.807) is 0 Å². The summed E-state index contributed by atoms with van der Waals surface area (Å²) in [5.74, 6) is 0. The second-order valence-corrected chi connectivity index (χ2v) is 14.9. The topological polar surface area (TPSA) is 26.0 Å². The van der Waals surface area contributed by atoms with Crippen LogP contribution >= 0.6 is 22.7 Å². The Morgan fingerprint density at radius 1 is 0.388 bits per heavy atom. The maximum atomic E-state index is 6.58. The third kappa shape index (κ3) is 4.15. The summed E-state index contributed by atoms with van der Waals surface area (Å²) in [7, 11) is 0. The van der Waals surface area contributed by atoms with E-state index in [-0.39, 0.29) is 0 Å². The van der Waals surface area contributed by atoms with E-state index >= 15 is 0 Å². The fourth-order valence-electron chi connectivity index (χ4n) is 7.53. The van der Waals surface area contributed by atoms with Gasteiger partial charge in [-0.2, -0.15) is 0 Å². The first-order valence-corrected chi connectivity index (χ1v) is 18.1. The Morgan fingerprint density at radius 3 is 1.55 bits per heavy atom. The summed E-state index contributed by atoms with van der Waals surface area (Å²) in [6, 6.07) is 54.9. The summed E-state index contributed by atoms with van der Waals surface area (Å²) in [5.41, 5.74) is 9.39. The van der Waals surface area contributed by atoms with Gasteiger partial charge in [0.25, 0.3) is 0 Å². The fourth-order valence-corrected chi connectivity index (χ4v) is 9.70. The van der Waals surface area contributed by atoms with Gasteiger partial charge in [0.2, 0.25) is 0 Å². The molecular formula is C45H25NOS2. The number of pyridine rings is 1. The normalized spacial score (nSPS) is 12.1. The number of fused-ring (bicyclic) bond motifs is 11. The summed E-state index contributed by atoms with van der Waals surface area (Å²) in [6.45, 7) is 0. The van der Waals surface area contributed by atoms with Crippen LogP contribution in [0.5, 0.6) is 0 Å². The predicted molar refractivity (Wildman–Crippen MR) is 211 cm³/mol. The second-order valence-electron chi connectivity index (χ2n) is 12.7. The number of aromatic nitrogens is 1. The number of para-hydroxylation sites is 2. The number of hydrogen-bond donors (Lipinski definition) is 0. The van der Waals surface area contributed by atoms with E-state index in [2.05, 4.69) is 146 Å². The number of thiophene rings is 2. The van der Waals surface area contributed by atoms with Crippen molar-refractivity contribution < 1.29 is 4.42 Å². The van der Waals surface area contributed by atoms with Crippen LogP contribution in [0.2, 0.25) is 0 Å². The van der Waals surface area contributed by atoms with Crippen LogP contribution in [0.3, 0.4) is 0 Å². The highest BCUT2D eigenvalue weighted by atomic mass is 32.1. The number of hydrogen-bond acceptors (Lipinski definition) is 4. The zero-order valence-corrected chi connectivity index (χ0v) is 27.7. The predicted octanol–water partition coefficient (Wildman–Crippen LogP) is 13.9. The van der Waals surface area contributed by atoms with Gasteiger partial charge in [-0.05, 0) is 95.1 Å². The van der Waals surface area contributed by atoms with E-state index in [1.165, 1.54) is 51.5 Å². The average molecular weight is 660 g/mol. The maximum absolute atomic E-state index is 6.58. The van der Waals surface area contributed by atoms with Crippen LogP contribution < -0.4 is 0 Å². The van der Waals surface area contributed by atoms with Crippen molar-refractivity contribution in [1.29, 1.82) is 0 Å². The molecule has 0 fully saturated rings. The molecule has 0 atom stereocenters. The number of nitrogens with zero attached hydrogens (tertiary/aromatic N) is 1. The molecule has 49 heavy (non-hydrogen) atoms. The first kappa shape index (κ1) is 27.2. The molecule has 2 nitrogen and oxygen atoms in total. The van der Waals surface area contributed by atoms with E-state index in [1.807, 2.05) is 28.7 Å². The smallest absolute Gasteiger partial charge is 0.147 e. The molecule has 4 heterocycles. The molecule has 11 aromatic rings. The molecular weight excluding hydrogens is 635 g/mol. The Bertz CT molecular complexity index is 2990. The van der Waals surface area contributed by atoms with Crippen LogP contribution in [0.15, 0.2) is 156 Å². The molecule has 0 N–H and O–H groups in total. The summed E-state index contributed by atoms with van der Waals surface area (Å²) in [5, 5.41) is 8.35. The first-order valence-electron chi connectivity index (χ1n) is 16.4. The molecule has 0 aliphatic heterocycles. The molecule has 0 aliphatic rings. The lowest BCUT2D eigenvalue weighted by Gasteiger charge is -2.13. The van der Waals surface area contributed by atoms with E-state index < -0.39 is 0 Å². The summed E-state index contributed by atoms with van der Waals surface area (Å²) in [6.07, 6.45) is 0. The van der Waals surface area contributed by atoms with Gasteiger partial charge in [0, 0.05) is 56.7 Å². The van der Waals surface area contributed by atoms with Gasteiger partial charge in [-0.25, -0.2) is 4.98 Å². The highest BCUT2D eigenvalue weighted by molar-refractivity contribution is 7.26. The molecule has 7 aromatic carbocycles. The minimum atomic E-state index is 0.873. The molecule has 0 aliphatic carbocycles. The lowest BCUT2D eigenvalue weighted by Crippen LogP contribution is -1.91. The van der Waals surface area contributed by atoms with E-state index in [9.17, 15) is 0 Å². The highest BCUT2D eigenvalue weighted by Gasteiger charge is 2.19. The molecule has 0 unspecified atom stereocenters. The first-order chi connectivity index (χ1) is 24.2. The summed E-state index contributed by atoms with van der Waals surface area (Å²) in [4.78, 5) is 5.37. The van der Waals surface area contributed by atoms with E-state index in [4.69, 9.17) is 9.40 Å². The number of benzene rings is 7. The van der Waals surface area contributed by atoms with Crippen LogP contribution in [0.25, 0.3) is 107 Å². The molecule has 0 amide bonds. The van der Waals surface area contributed by atoms with Crippen molar-refractivity contribution in [1.82, 2.24) is 4.98 Å². The van der Waals surface area contributed by atoms with E-state index in [0.29, 0.717) is 0 Å². The third-order valence-corrected chi connectivity index (χ3v) is 12.1. The fraction of sp³-hybridized carbons (Fsp3) is 0. The lowest BCUT2D eigenvalue weighted by molar-refractivity contribution is 0.672. The molecule has 0 bridgehead atoms. The molecule has 4 aromatic heterocycles. The van der Waals surface area contributed by atoms with Crippen molar-refractivity contribution in [3.63, 3.8) is 0 Å². The highest BCUT2D eigenvalue weighted by Crippen LogP contribution is 2.44. The average Bonchev–Trinajstić information content (AvgIpc) is 3.85. The molecule has 228 valence electrons. The summed E-state index contributed by atoms with van der Waals surface area (Å²) < 4.78 is 11.8. The zero-order chi connectivity index (χ0) is 32.1. The van der Waals surface area contributed by atoms with Gasteiger partial charge in [-0.3, -0.25) is 0 Å². The Hall–Kier alpha value is -5.81. The van der Waals surface area contributed by atoms with E-state index in [0.717, 1.165) is 55.2 Å². The van der Waals surface area contributed by atoms with Crippen LogP contribution in [0.1, 0.15) is 0 Å². The number of furan rings is 1. The van der Waals surface area contributed by atoms with Gasteiger partial charge >= 0.3 is 0 Å². The van der Waals surface area contributed by atoms with Crippen molar-refractivity contribution in [2.24, 2.45) is 0 Å². The van der Waals surface area contributed by atoms with Gasteiger partial charge in [0.05, 0.1) is 16.6 Å². The standard InChI is InChI=1S/C45H25NOS2/c1-5-13-37-33(11-1)45-43(34-12-2-6-14-38(34)47-45)44(46-37)30-22-28(26-17-19-41-35(24-26)31-9-3-7-15-39(31)48-41)21-29(23-30)27-18-20-42-36(25-27)32-10-4-8-16-40(32)49-42/h1-25H. The minimum Gasteiger partial charge on any atom is -0.455 e.